The third-order valence-electron chi connectivity index (χ3n) is 3.28. The summed E-state index contributed by atoms with van der Waals surface area (Å²) in [6.07, 6.45) is 2.01. The molecule has 1 aliphatic heterocycles. The van der Waals surface area contributed by atoms with Gasteiger partial charge < -0.3 is 9.64 Å². The molecule has 17 heavy (non-hydrogen) atoms. The zero-order valence-electron chi connectivity index (χ0n) is 10.3. The lowest BCUT2D eigenvalue weighted by atomic mass is 9.93. The maximum absolute atomic E-state index is 12.1. The fraction of sp³-hybridized carbons (Fsp3) is 0.462. The predicted molar refractivity (Wildman–Crippen MR) is 69.7 cm³/mol. The highest BCUT2D eigenvalue weighted by atomic mass is 32.2. The van der Waals surface area contributed by atoms with E-state index in [1.54, 1.807) is 18.9 Å². The van der Waals surface area contributed by atoms with Gasteiger partial charge in [-0.1, -0.05) is 30.3 Å². The van der Waals surface area contributed by atoms with Crippen LogP contribution in [0.25, 0.3) is 0 Å². The van der Waals surface area contributed by atoms with E-state index in [4.69, 9.17) is 4.74 Å². The molecule has 1 aromatic carbocycles. The Morgan fingerprint density at radius 2 is 2.06 bits per heavy atom. The molecule has 1 heterocycles. The molecule has 2 rings (SSSR count). The van der Waals surface area contributed by atoms with E-state index in [1.165, 1.54) is 0 Å². The van der Waals surface area contributed by atoms with E-state index in [0.29, 0.717) is 6.54 Å². The standard InChI is InChI=1S/C13H17NO2S/c1-13(16-2)11(15)14(12(13)17-3)9-10-7-5-4-6-8-10/h4-8,12H,9H2,1-3H3/t12-,13+/m1/s1. The summed E-state index contributed by atoms with van der Waals surface area (Å²) in [5, 5.41) is 0.0974. The predicted octanol–water partition coefficient (Wildman–Crippen LogP) is 2.12. The molecule has 2 atom stereocenters. The smallest absolute Gasteiger partial charge is 0.258 e. The molecule has 0 aromatic heterocycles. The first kappa shape index (κ1) is 12.5. The summed E-state index contributed by atoms with van der Waals surface area (Å²) in [6.45, 7) is 2.52. The number of methoxy groups -OCH3 is 1. The number of thioether (sulfide) groups is 1. The average Bonchev–Trinajstić information content (AvgIpc) is 2.38. The first-order chi connectivity index (χ1) is 8.13. The molecule has 0 bridgehead atoms. The summed E-state index contributed by atoms with van der Waals surface area (Å²) in [7, 11) is 1.60. The summed E-state index contributed by atoms with van der Waals surface area (Å²) < 4.78 is 5.35. The van der Waals surface area contributed by atoms with Crippen LogP contribution in [0.4, 0.5) is 0 Å². The topological polar surface area (TPSA) is 29.5 Å². The molecular formula is C13H17NO2S. The molecule has 1 aliphatic rings. The highest BCUT2D eigenvalue weighted by Crippen LogP contribution is 2.40. The van der Waals surface area contributed by atoms with Crippen molar-refractivity contribution in [1.29, 1.82) is 0 Å². The van der Waals surface area contributed by atoms with Crippen LogP contribution in [0.3, 0.4) is 0 Å². The monoisotopic (exact) mass is 251 g/mol. The molecule has 4 heteroatoms. The van der Waals surface area contributed by atoms with Crippen LogP contribution in [-0.4, -0.2) is 35.1 Å². The zero-order chi connectivity index (χ0) is 12.5. The van der Waals surface area contributed by atoms with Crippen molar-refractivity contribution in [2.45, 2.75) is 24.4 Å². The second-order valence-electron chi connectivity index (χ2n) is 4.32. The molecule has 3 nitrogen and oxygen atoms in total. The van der Waals surface area contributed by atoms with Crippen LogP contribution in [0.1, 0.15) is 12.5 Å². The van der Waals surface area contributed by atoms with Gasteiger partial charge in [0.15, 0.2) is 5.60 Å². The third-order valence-corrected chi connectivity index (χ3v) is 4.43. The van der Waals surface area contributed by atoms with Gasteiger partial charge in [-0.25, -0.2) is 0 Å². The van der Waals surface area contributed by atoms with Crippen molar-refractivity contribution in [2.24, 2.45) is 0 Å². The minimum Gasteiger partial charge on any atom is -0.366 e. The Balaban J connectivity index is 2.11. The van der Waals surface area contributed by atoms with E-state index in [0.717, 1.165) is 5.56 Å². The highest BCUT2D eigenvalue weighted by Gasteiger charge is 2.57. The van der Waals surface area contributed by atoms with Gasteiger partial charge in [0.1, 0.15) is 5.37 Å². The summed E-state index contributed by atoms with van der Waals surface area (Å²) >= 11 is 1.65. The van der Waals surface area contributed by atoms with Crippen molar-refractivity contribution in [3.8, 4) is 0 Å². The van der Waals surface area contributed by atoms with E-state index in [1.807, 2.05) is 48.4 Å². The van der Waals surface area contributed by atoms with Crippen molar-refractivity contribution in [3.63, 3.8) is 0 Å². The number of amides is 1. The molecule has 0 saturated carbocycles. The molecule has 1 fully saturated rings. The summed E-state index contributed by atoms with van der Waals surface area (Å²) in [5.74, 6) is 0.0724. The highest BCUT2D eigenvalue weighted by molar-refractivity contribution is 7.99. The Kier molecular flexibility index (Phi) is 3.45. The van der Waals surface area contributed by atoms with Crippen LogP contribution < -0.4 is 0 Å². The third kappa shape index (κ3) is 1.96. The average molecular weight is 251 g/mol. The zero-order valence-corrected chi connectivity index (χ0v) is 11.2. The second kappa shape index (κ2) is 4.70. The van der Waals surface area contributed by atoms with Gasteiger partial charge in [0.05, 0.1) is 0 Å². The SMILES string of the molecule is CO[C@@]1(C)C(=O)N(Cc2ccccc2)[C@@H]1SC. The van der Waals surface area contributed by atoms with Crippen molar-refractivity contribution in [1.82, 2.24) is 4.90 Å². The molecule has 0 N–H and O–H groups in total. The molecule has 0 aliphatic carbocycles. The van der Waals surface area contributed by atoms with E-state index < -0.39 is 5.60 Å². The van der Waals surface area contributed by atoms with Gasteiger partial charge in [-0.05, 0) is 18.7 Å². The van der Waals surface area contributed by atoms with Crippen LogP contribution in [0, 0.1) is 0 Å². The second-order valence-corrected chi connectivity index (χ2v) is 5.24. The number of nitrogens with zero attached hydrogens (tertiary/aromatic N) is 1. The maximum Gasteiger partial charge on any atom is 0.258 e. The number of hydrogen-bond acceptors (Lipinski definition) is 3. The molecule has 1 saturated heterocycles. The van der Waals surface area contributed by atoms with Crippen LogP contribution >= 0.6 is 11.8 Å². The van der Waals surface area contributed by atoms with Gasteiger partial charge >= 0.3 is 0 Å². The summed E-state index contributed by atoms with van der Waals surface area (Å²) in [6, 6.07) is 10.0. The van der Waals surface area contributed by atoms with Crippen molar-refractivity contribution in [3.05, 3.63) is 35.9 Å². The van der Waals surface area contributed by atoms with Gasteiger partial charge in [0.25, 0.3) is 5.91 Å². The maximum atomic E-state index is 12.1. The molecule has 0 spiro atoms. The molecular weight excluding hydrogens is 234 g/mol. The Bertz CT molecular complexity index is 409. The van der Waals surface area contributed by atoms with Gasteiger partial charge in [-0.15, -0.1) is 11.8 Å². The number of likely N-dealkylation sites (tertiary alicyclic amines) is 1. The Morgan fingerprint density at radius 1 is 1.41 bits per heavy atom. The lowest BCUT2D eigenvalue weighted by Gasteiger charge is -2.52. The van der Waals surface area contributed by atoms with Gasteiger partial charge in [-0.3, -0.25) is 4.79 Å². The molecule has 1 amide bonds. The van der Waals surface area contributed by atoms with Crippen LogP contribution in [0.15, 0.2) is 30.3 Å². The minimum atomic E-state index is -0.659. The van der Waals surface area contributed by atoms with Crippen LogP contribution in [-0.2, 0) is 16.1 Å². The van der Waals surface area contributed by atoms with Crippen LogP contribution in [0.2, 0.25) is 0 Å². The van der Waals surface area contributed by atoms with Gasteiger partial charge in [0.2, 0.25) is 0 Å². The van der Waals surface area contributed by atoms with Crippen LogP contribution in [0.5, 0.6) is 0 Å². The number of benzene rings is 1. The van der Waals surface area contributed by atoms with Crippen molar-refractivity contribution >= 4 is 17.7 Å². The fourth-order valence-electron chi connectivity index (χ4n) is 2.20. The van der Waals surface area contributed by atoms with E-state index in [-0.39, 0.29) is 11.3 Å². The Morgan fingerprint density at radius 3 is 2.59 bits per heavy atom. The van der Waals surface area contributed by atoms with Gasteiger partial charge in [-0.2, -0.15) is 0 Å². The number of hydrogen-bond donors (Lipinski definition) is 0. The largest absolute Gasteiger partial charge is 0.366 e. The van der Waals surface area contributed by atoms with E-state index >= 15 is 0 Å². The quantitative estimate of drug-likeness (QED) is 0.768. The fourth-order valence-corrected chi connectivity index (χ4v) is 3.28. The minimum absolute atomic E-state index is 0.0724. The number of rotatable bonds is 4. The lowest BCUT2D eigenvalue weighted by Crippen LogP contribution is -2.71. The van der Waals surface area contributed by atoms with Gasteiger partial charge in [0, 0.05) is 13.7 Å². The molecule has 1 aromatic rings. The number of ether oxygens (including phenoxy) is 1. The summed E-state index contributed by atoms with van der Waals surface area (Å²) in [5.41, 5.74) is 0.492. The molecule has 0 unspecified atom stereocenters. The normalized spacial score (nSPS) is 28.1. The lowest BCUT2D eigenvalue weighted by molar-refractivity contribution is -0.183. The van der Waals surface area contributed by atoms with E-state index in [9.17, 15) is 4.79 Å². The molecule has 0 radical (unpaired) electrons. The number of β-lactam (4-membered cyclic amide) rings is 1. The van der Waals surface area contributed by atoms with Crippen molar-refractivity contribution in [2.75, 3.05) is 13.4 Å². The molecule has 92 valence electrons. The number of carbonyl (C=O) groups is 1. The summed E-state index contributed by atoms with van der Waals surface area (Å²) in [4.78, 5) is 13.9. The first-order valence-electron chi connectivity index (χ1n) is 5.56. The number of carbonyl (C=O) groups excluding carboxylic acids is 1. The van der Waals surface area contributed by atoms with Crippen molar-refractivity contribution < 1.29 is 9.53 Å². The Hall–Kier alpha value is -1.00. The Labute approximate surface area is 106 Å². The van der Waals surface area contributed by atoms with E-state index in [2.05, 4.69) is 0 Å². The first-order valence-corrected chi connectivity index (χ1v) is 6.85.